The monoisotopic (exact) mass is 230 g/mol. The molecule has 1 aliphatic carbocycles. The molecule has 1 heterocycles. The van der Waals surface area contributed by atoms with Crippen LogP contribution in [0.2, 0.25) is 4.34 Å². The summed E-state index contributed by atoms with van der Waals surface area (Å²) in [5, 5.41) is 4.49. The van der Waals surface area contributed by atoms with Crippen molar-refractivity contribution in [3.63, 3.8) is 0 Å². The summed E-state index contributed by atoms with van der Waals surface area (Å²) >= 11 is 7.34. The van der Waals surface area contributed by atoms with E-state index in [0.29, 0.717) is 0 Å². The van der Waals surface area contributed by atoms with E-state index >= 15 is 0 Å². The number of aromatic nitrogens is 1. The molecule has 1 aromatic heterocycles. The molecule has 0 atom stereocenters. The molecule has 2 nitrogen and oxygen atoms in total. The van der Waals surface area contributed by atoms with Crippen molar-refractivity contribution in [3.05, 3.63) is 15.5 Å². The molecule has 0 aromatic carbocycles. The van der Waals surface area contributed by atoms with E-state index < -0.39 is 0 Å². The Kier molecular flexibility index (Phi) is 3.79. The van der Waals surface area contributed by atoms with Crippen LogP contribution < -0.4 is 5.32 Å². The quantitative estimate of drug-likeness (QED) is 0.787. The fourth-order valence-electron chi connectivity index (χ4n) is 1.65. The Morgan fingerprint density at radius 3 is 3.00 bits per heavy atom. The van der Waals surface area contributed by atoms with E-state index in [1.54, 1.807) is 17.5 Å². The van der Waals surface area contributed by atoms with Gasteiger partial charge >= 0.3 is 0 Å². The third kappa shape index (κ3) is 2.94. The van der Waals surface area contributed by atoms with Crippen LogP contribution in [0.5, 0.6) is 0 Å². The first-order valence-corrected chi connectivity index (χ1v) is 6.35. The van der Waals surface area contributed by atoms with Gasteiger partial charge in [0.15, 0.2) is 0 Å². The minimum Gasteiger partial charge on any atom is -0.310 e. The van der Waals surface area contributed by atoms with Gasteiger partial charge in [-0.25, -0.2) is 4.98 Å². The highest BCUT2D eigenvalue weighted by Gasteiger charge is 2.16. The Morgan fingerprint density at radius 1 is 1.57 bits per heavy atom. The molecule has 1 fully saturated rings. The summed E-state index contributed by atoms with van der Waals surface area (Å²) in [5.41, 5.74) is 0. The van der Waals surface area contributed by atoms with Gasteiger partial charge in [-0.1, -0.05) is 30.9 Å². The maximum atomic E-state index is 5.78. The normalized spacial score (nSPS) is 16.9. The van der Waals surface area contributed by atoms with Crippen molar-refractivity contribution in [2.75, 3.05) is 6.54 Å². The lowest BCUT2D eigenvalue weighted by Crippen LogP contribution is -2.20. The number of nitrogens with zero attached hydrogens (tertiary/aromatic N) is 1. The Bertz CT molecular complexity index is 283. The molecule has 0 unspecified atom stereocenters. The fraction of sp³-hybridized carbons (Fsp3) is 0.700. The maximum absolute atomic E-state index is 5.78. The molecule has 14 heavy (non-hydrogen) atoms. The van der Waals surface area contributed by atoms with Crippen LogP contribution in [0.1, 0.15) is 30.7 Å². The van der Waals surface area contributed by atoms with Crippen molar-refractivity contribution in [1.29, 1.82) is 0 Å². The minimum absolute atomic E-state index is 0.779. The molecule has 2 rings (SSSR count). The molecule has 0 amide bonds. The van der Waals surface area contributed by atoms with E-state index in [-0.39, 0.29) is 0 Å². The molecular formula is C10H15ClN2S. The van der Waals surface area contributed by atoms with E-state index in [9.17, 15) is 0 Å². The zero-order chi connectivity index (χ0) is 9.80. The standard InChI is InChI=1S/C10H15ClN2S/c11-9-6-13-10(14-9)7-12-5-4-8-2-1-3-8/h6,8,12H,1-5,7H2. The van der Waals surface area contributed by atoms with E-state index in [4.69, 9.17) is 11.6 Å². The molecule has 0 spiro atoms. The fourth-order valence-corrected chi connectivity index (χ4v) is 2.58. The van der Waals surface area contributed by atoms with Gasteiger partial charge in [0, 0.05) is 6.54 Å². The number of halogens is 1. The van der Waals surface area contributed by atoms with Gasteiger partial charge in [-0.3, -0.25) is 0 Å². The molecule has 1 aliphatic rings. The molecule has 0 aliphatic heterocycles. The van der Waals surface area contributed by atoms with Gasteiger partial charge < -0.3 is 5.32 Å². The molecule has 1 N–H and O–H groups in total. The lowest BCUT2D eigenvalue weighted by Gasteiger charge is -2.25. The van der Waals surface area contributed by atoms with Gasteiger partial charge in [0.25, 0.3) is 0 Å². The number of rotatable bonds is 5. The number of hydrogen-bond donors (Lipinski definition) is 1. The van der Waals surface area contributed by atoms with Crippen LogP contribution in [0, 0.1) is 5.92 Å². The molecule has 0 bridgehead atoms. The molecular weight excluding hydrogens is 216 g/mol. The lowest BCUT2D eigenvalue weighted by molar-refractivity contribution is 0.292. The van der Waals surface area contributed by atoms with Crippen molar-refractivity contribution in [2.45, 2.75) is 32.2 Å². The van der Waals surface area contributed by atoms with Gasteiger partial charge in [0.1, 0.15) is 9.34 Å². The van der Waals surface area contributed by atoms with Crippen LogP contribution >= 0.6 is 22.9 Å². The summed E-state index contributed by atoms with van der Waals surface area (Å²) < 4.78 is 0.779. The number of nitrogens with one attached hydrogen (secondary N) is 1. The average molecular weight is 231 g/mol. The van der Waals surface area contributed by atoms with E-state index in [1.165, 1.54) is 25.7 Å². The molecule has 0 saturated heterocycles. The molecule has 0 radical (unpaired) electrons. The second-order valence-electron chi connectivity index (χ2n) is 3.82. The van der Waals surface area contributed by atoms with Crippen LogP contribution in [0.25, 0.3) is 0 Å². The van der Waals surface area contributed by atoms with E-state index in [2.05, 4.69) is 10.3 Å². The highest BCUT2D eigenvalue weighted by molar-refractivity contribution is 7.15. The number of hydrogen-bond acceptors (Lipinski definition) is 3. The first kappa shape index (κ1) is 10.4. The van der Waals surface area contributed by atoms with Crippen LogP contribution in [-0.4, -0.2) is 11.5 Å². The Hall–Kier alpha value is -0.120. The van der Waals surface area contributed by atoms with Gasteiger partial charge in [0.05, 0.1) is 6.20 Å². The van der Waals surface area contributed by atoms with Crippen LogP contribution in [0.4, 0.5) is 0 Å². The molecule has 1 aromatic rings. The van der Waals surface area contributed by atoms with Gasteiger partial charge in [0.2, 0.25) is 0 Å². The zero-order valence-corrected chi connectivity index (χ0v) is 9.70. The smallest absolute Gasteiger partial charge is 0.113 e. The van der Waals surface area contributed by atoms with Crippen molar-refractivity contribution < 1.29 is 0 Å². The predicted molar refractivity (Wildman–Crippen MR) is 60.8 cm³/mol. The average Bonchev–Trinajstić information content (AvgIpc) is 2.48. The highest BCUT2D eigenvalue weighted by atomic mass is 35.5. The summed E-state index contributed by atoms with van der Waals surface area (Å²) in [5.74, 6) is 0.988. The third-order valence-corrected chi connectivity index (χ3v) is 3.87. The molecule has 78 valence electrons. The molecule has 4 heteroatoms. The largest absolute Gasteiger partial charge is 0.310 e. The van der Waals surface area contributed by atoms with E-state index in [0.717, 1.165) is 28.4 Å². The summed E-state index contributed by atoms with van der Waals surface area (Å²) in [7, 11) is 0. The van der Waals surface area contributed by atoms with Gasteiger partial charge in [-0.05, 0) is 18.9 Å². The topological polar surface area (TPSA) is 24.9 Å². The summed E-state index contributed by atoms with van der Waals surface area (Å²) in [4.78, 5) is 4.19. The maximum Gasteiger partial charge on any atom is 0.113 e. The van der Waals surface area contributed by atoms with E-state index in [1.807, 2.05) is 0 Å². The second-order valence-corrected chi connectivity index (χ2v) is 5.57. The summed E-state index contributed by atoms with van der Waals surface area (Å²) in [6.45, 7) is 1.98. The Morgan fingerprint density at radius 2 is 2.43 bits per heavy atom. The Labute approximate surface area is 93.7 Å². The van der Waals surface area contributed by atoms with Crippen LogP contribution in [-0.2, 0) is 6.54 Å². The minimum atomic E-state index is 0.779. The van der Waals surface area contributed by atoms with Crippen molar-refractivity contribution in [3.8, 4) is 0 Å². The zero-order valence-electron chi connectivity index (χ0n) is 8.13. The van der Waals surface area contributed by atoms with Gasteiger partial charge in [-0.15, -0.1) is 11.3 Å². The van der Waals surface area contributed by atoms with Crippen LogP contribution in [0.3, 0.4) is 0 Å². The van der Waals surface area contributed by atoms with Crippen molar-refractivity contribution in [1.82, 2.24) is 10.3 Å². The SMILES string of the molecule is Clc1cnc(CNCCC2CCC2)s1. The van der Waals surface area contributed by atoms with Crippen molar-refractivity contribution >= 4 is 22.9 Å². The lowest BCUT2D eigenvalue weighted by atomic mass is 9.83. The molecule has 1 saturated carbocycles. The first-order valence-electron chi connectivity index (χ1n) is 5.15. The highest BCUT2D eigenvalue weighted by Crippen LogP contribution is 2.28. The number of thiazole rings is 1. The van der Waals surface area contributed by atoms with Crippen molar-refractivity contribution in [2.24, 2.45) is 5.92 Å². The first-order chi connectivity index (χ1) is 6.84. The third-order valence-electron chi connectivity index (χ3n) is 2.76. The predicted octanol–water partition coefficient (Wildman–Crippen LogP) is 3.08. The summed E-state index contributed by atoms with van der Waals surface area (Å²) in [6.07, 6.45) is 7.34. The second kappa shape index (κ2) is 5.10. The van der Waals surface area contributed by atoms with Crippen LogP contribution in [0.15, 0.2) is 6.20 Å². The Balaban J connectivity index is 1.58. The summed E-state index contributed by atoms with van der Waals surface area (Å²) in [6, 6.07) is 0. The van der Waals surface area contributed by atoms with Gasteiger partial charge in [-0.2, -0.15) is 0 Å².